The number of amides is 3. The molecule has 0 unspecified atom stereocenters. The minimum absolute atomic E-state index is 0.365. The second-order valence-corrected chi connectivity index (χ2v) is 6.30. The van der Waals surface area contributed by atoms with E-state index in [0.29, 0.717) is 13.2 Å². The Hall–Kier alpha value is -1.30. The Labute approximate surface area is 128 Å². The molecule has 3 amide bonds. The lowest BCUT2D eigenvalue weighted by atomic mass is 10.1. The SMILES string of the molecule is CCCCCCCCOC(=O)NC(=O)NCC[N+](C)(C)C. The lowest BCUT2D eigenvalue weighted by molar-refractivity contribution is -0.869. The van der Waals surface area contributed by atoms with Gasteiger partial charge in [0.1, 0.15) is 0 Å². The lowest BCUT2D eigenvalue weighted by Gasteiger charge is -2.23. The van der Waals surface area contributed by atoms with E-state index in [1.54, 1.807) is 0 Å². The number of unbranched alkanes of at least 4 members (excludes halogenated alkanes) is 5. The summed E-state index contributed by atoms with van der Waals surface area (Å²) in [5.74, 6) is 0. The Morgan fingerprint density at radius 1 is 1.00 bits per heavy atom. The molecule has 0 aliphatic rings. The molecule has 0 rings (SSSR count). The van der Waals surface area contributed by atoms with Crippen LogP contribution in [0.1, 0.15) is 45.4 Å². The lowest BCUT2D eigenvalue weighted by Crippen LogP contribution is -2.46. The molecule has 124 valence electrons. The van der Waals surface area contributed by atoms with Gasteiger partial charge in [-0.05, 0) is 6.42 Å². The molecule has 6 heteroatoms. The third-order valence-corrected chi connectivity index (χ3v) is 3.01. The highest BCUT2D eigenvalue weighted by molar-refractivity contribution is 5.90. The Bertz CT molecular complexity index is 301. The van der Waals surface area contributed by atoms with Crippen molar-refractivity contribution in [1.82, 2.24) is 10.6 Å². The van der Waals surface area contributed by atoms with Gasteiger partial charge < -0.3 is 14.5 Å². The molecule has 2 N–H and O–H groups in total. The predicted octanol–water partition coefficient (Wildman–Crippen LogP) is 2.49. The summed E-state index contributed by atoms with van der Waals surface area (Å²) in [5.41, 5.74) is 0. The first kappa shape index (κ1) is 19.7. The van der Waals surface area contributed by atoms with E-state index >= 15 is 0 Å². The first-order valence-electron chi connectivity index (χ1n) is 7.87. The van der Waals surface area contributed by atoms with Crippen LogP contribution in [-0.4, -0.2) is 57.4 Å². The van der Waals surface area contributed by atoms with Gasteiger partial charge in [-0.3, -0.25) is 0 Å². The van der Waals surface area contributed by atoms with Crippen molar-refractivity contribution in [2.45, 2.75) is 45.4 Å². The van der Waals surface area contributed by atoms with Crippen LogP contribution in [0.4, 0.5) is 9.59 Å². The molecule has 0 radical (unpaired) electrons. The van der Waals surface area contributed by atoms with Gasteiger partial charge in [-0.25, -0.2) is 14.9 Å². The molecule has 0 atom stereocenters. The van der Waals surface area contributed by atoms with Crippen molar-refractivity contribution in [2.24, 2.45) is 0 Å². The van der Waals surface area contributed by atoms with Crippen LogP contribution in [0.3, 0.4) is 0 Å². The van der Waals surface area contributed by atoms with Crippen LogP contribution in [0.5, 0.6) is 0 Å². The number of hydrogen-bond acceptors (Lipinski definition) is 3. The van der Waals surface area contributed by atoms with Gasteiger partial charge >= 0.3 is 12.1 Å². The van der Waals surface area contributed by atoms with Gasteiger partial charge in [-0.2, -0.15) is 0 Å². The van der Waals surface area contributed by atoms with Crippen LogP contribution < -0.4 is 10.6 Å². The number of nitrogens with one attached hydrogen (secondary N) is 2. The van der Waals surface area contributed by atoms with Crippen molar-refractivity contribution in [1.29, 1.82) is 0 Å². The highest BCUT2D eigenvalue weighted by atomic mass is 16.5. The monoisotopic (exact) mass is 302 g/mol. The molecule has 0 aromatic carbocycles. The van der Waals surface area contributed by atoms with Crippen molar-refractivity contribution < 1.29 is 18.8 Å². The van der Waals surface area contributed by atoms with E-state index in [1.807, 2.05) is 21.1 Å². The van der Waals surface area contributed by atoms with E-state index in [0.717, 1.165) is 23.9 Å². The maximum absolute atomic E-state index is 11.4. The summed E-state index contributed by atoms with van der Waals surface area (Å²) in [5, 5.41) is 4.79. The highest BCUT2D eigenvalue weighted by Gasteiger charge is 2.10. The minimum Gasteiger partial charge on any atom is -0.449 e. The van der Waals surface area contributed by atoms with Gasteiger partial charge in [0.25, 0.3) is 0 Å². The number of urea groups is 1. The van der Waals surface area contributed by atoms with Crippen molar-refractivity contribution in [3.63, 3.8) is 0 Å². The predicted molar refractivity (Wildman–Crippen MR) is 84.2 cm³/mol. The molecular formula is C15H32N3O3+. The Morgan fingerprint density at radius 3 is 2.24 bits per heavy atom. The fourth-order valence-corrected chi connectivity index (χ4v) is 1.73. The fraction of sp³-hybridized carbons (Fsp3) is 0.867. The Balaban J connectivity index is 3.50. The standard InChI is InChI=1S/C15H31N3O3/c1-5-6-7-8-9-10-13-21-15(20)17-14(19)16-11-12-18(2,3)4/h5-13H2,1-4H3,(H-,16,17,19,20)/p+1. The molecule has 0 spiro atoms. The van der Waals surface area contributed by atoms with Crippen LogP contribution in [0.15, 0.2) is 0 Å². The quantitative estimate of drug-likeness (QED) is 0.481. The zero-order valence-corrected chi connectivity index (χ0v) is 14.0. The number of nitrogens with zero attached hydrogens (tertiary/aromatic N) is 1. The van der Waals surface area contributed by atoms with E-state index < -0.39 is 12.1 Å². The van der Waals surface area contributed by atoms with Crippen molar-refractivity contribution in [2.75, 3.05) is 40.8 Å². The summed E-state index contributed by atoms with van der Waals surface area (Å²) in [7, 11) is 6.11. The summed E-state index contributed by atoms with van der Waals surface area (Å²) in [4.78, 5) is 22.8. The van der Waals surface area contributed by atoms with Crippen molar-refractivity contribution in [3.8, 4) is 0 Å². The van der Waals surface area contributed by atoms with Gasteiger partial charge in [-0.1, -0.05) is 39.0 Å². The summed E-state index contributed by atoms with van der Waals surface area (Å²) in [6, 6.07) is -0.503. The number of quaternary nitrogens is 1. The number of carbonyl (C=O) groups is 2. The molecule has 0 aliphatic carbocycles. The summed E-state index contributed by atoms with van der Waals surface area (Å²) in [6.45, 7) is 3.85. The Kier molecular flexibility index (Phi) is 10.7. The van der Waals surface area contributed by atoms with Gasteiger partial charge in [0, 0.05) is 0 Å². The summed E-state index contributed by atoms with van der Waals surface area (Å²) >= 11 is 0. The number of hydrogen-bond donors (Lipinski definition) is 2. The average molecular weight is 302 g/mol. The van der Waals surface area contributed by atoms with Gasteiger partial charge in [0.05, 0.1) is 40.8 Å². The van der Waals surface area contributed by atoms with Crippen LogP contribution in [0.25, 0.3) is 0 Å². The second kappa shape index (κ2) is 11.4. The number of alkyl carbamates (subject to hydrolysis) is 1. The van der Waals surface area contributed by atoms with E-state index in [4.69, 9.17) is 4.74 Å². The number of imide groups is 1. The minimum atomic E-state index is -0.675. The van der Waals surface area contributed by atoms with Gasteiger partial charge in [0.15, 0.2) is 0 Å². The summed E-state index contributed by atoms with van der Waals surface area (Å²) < 4.78 is 5.70. The maximum atomic E-state index is 11.4. The van der Waals surface area contributed by atoms with Crippen molar-refractivity contribution >= 4 is 12.1 Å². The normalized spacial score (nSPS) is 11.0. The van der Waals surface area contributed by atoms with Crippen LogP contribution in [-0.2, 0) is 4.74 Å². The molecule has 21 heavy (non-hydrogen) atoms. The number of carbonyl (C=O) groups excluding carboxylic acids is 2. The third kappa shape index (κ3) is 14.9. The molecule has 0 aromatic rings. The first-order chi connectivity index (χ1) is 9.85. The molecule has 6 nitrogen and oxygen atoms in total. The first-order valence-corrected chi connectivity index (χ1v) is 7.87. The van der Waals surface area contributed by atoms with Crippen LogP contribution in [0, 0.1) is 0 Å². The molecule has 0 heterocycles. The van der Waals surface area contributed by atoms with Gasteiger partial charge in [-0.15, -0.1) is 0 Å². The fourth-order valence-electron chi connectivity index (χ4n) is 1.73. The summed E-state index contributed by atoms with van der Waals surface area (Å²) in [6.07, 6.45) is 6.12. The molecule has 0 saturated carbocycles. The zero-order chi connectivity index (χ0) is 16.1. The molecule has 0 aliphatic heterocycles. The van der Waals surface area contributed by atoms with Crippen LogP contribution >= 0.6 is 0 Å². The number of likely N-dealkylation sites (N-methyl/N-ethyl adjacent to an activating group) is 1. The molecule has 0 aromatic heterocycles. The molecule has 0 saturated heterocycles. The van der Waals surface area contributed by atoms with E-state index in [2.05, 4.69) is 17.6 Å². The van der Waals surface area contributed by atoms with Crippen molar-refractivity contribution in [3.05, 3.63) is 0 Å². The highest BCUT2D eigenvalue weighted by Crippen LogP contribution is 2.04. The molecule has 0 fully saturated rings. The molecular weight excluding hydrogens is 270 g/mol. The number of rotatable bonds is 10. The second-order valence-electron chi connectivity index (χ2n) is 6.30. The molecule has 0 bridgehead atoms. The largest absolute Gasteiger partial charge is 0.449 e. The van der Waals surface area contributed by atoms with Gasteiger partial charge in [0.2, 0.25) is 0 Å². The van der Waals surface area contributed by atoms with Crippen LogP contribution in [0.2, 0.25) is 0 Å². The smallest absolute Gasteiger partial charge is 0.415 e. The zero-order valence-electron chi connectivity index (χ0n) is 14.0. The third-order valence-electron chi connectivity index (χ3n) is 3.01. The maximum Gasteiger partial charge on any atom is 0.415 e. The Morgan fingerprint density at radius 2 is 1.62 bits per heavy atom. The average Bonchev–Trinajstić information content (AvgIpc) is 2.36. The van der Waals surface area contributed by atoms with E-state index in [-0.39, 0.29) is 0 Å². The number of ether oxygens (including phenoxy) is 1. The van der Waals surface area contributed by atoms with E-state index in [9.17, 15) is 9.59 Å². The topological polar surface area (TPSA) is 67.4 Å². The van der Waals surface area contributed by atoms with E-state index in [1.165, 1.54) is 25.7 Å².